The first-order valence-corrected chi connectivity index (χ1v) is 7.71. The summed E-state index contributed by atoms with van der Waals surface area (Å²) in [6, 6.07) is 8.31. The zero-order valence-electron chi connectivity index (χ0n) is 11.4. The van der Waals surface area contributed by atoms with Crippen molar-refractivity contribution in [2.24, 2.45) is 5.92 Å². The predicted octanol–water partition coefficient (Wildman–Crippen LogP) is 3.43. The highest BCUT2D eigenvalue weighted by Crippen LogP contribution is 2.15. The van der Waals surface area contributed by atoms with Crippen molar-refractivity contribution in [1.82, 2.24) is 10.2 Å². The summed E-state index contributed by atoms with van der Waals surface area (Å²) >= 11 is 3.42. The number of piperidine rings is 1. The average molecular weight is 325 g/mol. The van der Waals surface area contributed by atoms with Gasteiger partial charge in [-0.15, -0.1) is 0 Å². The summed E-state index contributed by atoms with van der Waals surface area (Å²) in [7, 11) is 0. The van der Waals surface area contributed by atoms with Crippen LogP contribution in [0, 0.1) is 5.92 Å². The quantitative estimate of drug-likeness (QED) is 0.907. The van der Waals surface area contributed by atoms with Crippen LogP contribution in [0.5, 0.6) is 0 Å². The van der Waals surface area contributed by atoms with Crippen molar-refractivity contribution in [2.75, 3.05) is 19.6 Å². The van der Waals surface area contributed by atoms with Crippen molar-refractivity contribution in [1.29, 1.82) is 0 Å². The van der Waals surface area contributed by atoms with Gasteiger partial charge in [0, 0.05) is 24.1 Å². The number of nitrogens with one attached hydrogen (secondary N) is 1. The van der Waals surface area contributed by atoms with Crippen LogP contribution >= 0.6 is 15.9 Å². The molecule has 1 atom stereocenters. The topological polar surface area (TPSA) is 32.3 Å². The van der Waals surface area contributed by atoms with Gasteiger partial charge in [-0.05, 0) is 42.9 Å². The van der Waals surface area contributed by atoms with Crippen LogP contribution in [0.1, 0.15) is 25.3 Å². The van der Waals surface area contributed by atoms with Crippen molar-refractivity contribution < 1.29 is 4.79 Å². The van der Waals surface area contributed by atoms with Crippen molar-refractivity contribution in [3.05, 3.63) is 34.3 Å². The molecule has 1 unspecified atom stereocenters. The van der Waals surface area contributed by atoms with Gasteiger partial charge in [0.1, 0.15) is 0 Å². The fourth-order valence-corrected chi connectivity index (χ4v) is 2.71. The van der Waals surface area contributed by atoms with E-state index in [-0.39, 0.29) is 6.03 Å². The van der Waals surface area contributed by atoms with Crippen LogP contribution in [0.2, 0.25) is 0 Å². The molecule has 1 aromatic rings. The molecule has 2 amide bonds. The first kappa shape index (κ1) is 14.4. The molecule has 104 valence electrons. The van der Waals surface area contributed by atoms with E-state index in [2.05, 4.69) is 40.3 Å². The van der Waals surface area contributed by atoms with Gasteiger partial charge in [0.05, 0.1) is 0 Å². The number of carbonyl (C=O) groups excluding carboxylic acids is 1. The highest BCUT2D eigenvalue weighted by molar-refractivity contribution is 9.10. The maximum absolute atomic E-state index is 12.0. The summed E-state index contributed by atoms with van der Waals surface area (Å²) in [5, 5.41) is 3.01. The summed E-state index contributed by atoms with van der Waals surface area (Å²) in [5.74, 6) is 0.631. The lowest BCUT2D eigenvalue weighted by Crippen LogP contribution is -2.45. The Labute approximate surface area is 123 Å². The number of carbonyl (C=O) groups is 1. The lowest BCUT2D eigenvalue weighted by Gasteiger charge is -2.30. The first-order valence-electron chi connectivity index (χ1n) is 6.92. The van der Waals surface area contributed by atoms with Gasteiger partial charge < -0.3 is 10.2 Å². The van der Waals surface area contributed by atoms with E-state index in [9.17, 15) is 4.79 Å². The molecule has 0 aliphatic carbocycles. The van der Waals surface area contributed by atoms with Crippen LogP contribution in [-0.4, -0.2) is 30.6 Å². The Hall–Kier alpha value is -1.03. The summed E-state index contributed by atoms with van der Waals surface area (Å²) < 4.78 is 1.09. The molecule has 3 nitrogen and oxygen atoms in total. The molecule has 0 saturated carbocycles. The molecule has 2 rings (SSSR count). The minimum absolute atomic E-state index is 0.0867. The average Bonchev–Trinajstić information content (AvgIpc) is 2.41. The molecule has 1 aromatic carbocycles. The van der Waals surface area contributed by atoms with Crippen LogP contribution < -0.4 is 5.32 Å². The van der Waals surface area contributed by atoms with Gasteiger partial charge in [0.2, 0.25) is 0 Å². The molecule has 0 aromatic heterocycles. The smallest absolute Gasteiger partial charge is 0.317 e. The Bertz CT molecular complexity index is 419. The van der Waals surface area contributed by atoms with E-state index in [0.717, 1.165) is 30.4 Å². The largest absolute Gasteiger partial charge is 0.338 e. The molecule has 1 fully saturated rings. The van der Waals surface area contributed by atoms with Gasteiger partial charge in [-0.25, -0.2) is 4.79 Å². The molecule has 1 aliphatic heterocycles. The second kappa shape index (κ2) is 6.94. The fourth-order valence-electron chi connectivity index (χ4n) is 2.45. The molecule has 0 bridgehead atoms. The van der Waals surface area contributed by atoms with Gasteiger partial charge in [0.15, 0.2) is 0 Å². The Balaban J connectivity index is 1.73. The molecule has 19 heavy (non-hydrogen) atoms. The van der Waals surface area contributed by atoms with E-state index in [0.29, 0.717) is 12.5 Å². The summed E-state index contributed by atoms with van der Waals surface area (Å²) in [5.41, 5.74) is 1.25. The SMILES string of the molecule is CC1CCCN(C(=O)NCCc2ccc(Br)cc2)C1. The predicted molar refractivity (Wildman–Crippen MR) is 81.2 cm³/mol. The van der Waals surface area contributed by atoms with Crippen LogP contribution in [0.15, 0.2) is 28.7 Å². The number of halogens is 1. The molecule has 1 saturated heterocycles. The molecular weight excluding hydrogens is 304 g/mol. The van der Waals surface area contributed by atoms with E-state index < -0.39 is 0 Å². The number of benzene rings is 1. The fraction of sp³-hybridized carbons (Fsp3) is 0.533. The molecule has 0 radical (unpaired) electrons. The minimum atomic E-state index is 0.0867. The summed E-state index contributed by atoms with van der Waals surface area (Å²) in [6.45, 7) is 4.70. The van der Waals surface area contributed by atoms with E-state index in [1.165, 1.54) is 12.0 Å². The minimum Gasteiger partial charge on any atom is -0.338 e. The molecular formula is C15H21BrN2O. The van der Waals surface area contributed by atoms with E-state index in [4.69, 9.17) is 0 Å². The number of amides is 2. The van der Waals surface area contributed by atoms with E-state index in [1.807, 2.05) is 17.0 Å². The normalized spacial score (nSPS) is 19.3. The lowest BCUT2D eigenvalue weighted by molar-refractivity contribution is 0.170. The van der Waals surface area contributed by atoms with Crippen molar-refractivity contribution >= 4 is 22.0 Å². The van der Waals surface area contributed by atoms with E-state index in [1.54, 1.807) is 0 Å². The number of rotatable bonds is 3. The number of hydrogen-bond acceptors (Lipinski definition) is 1. The van der Waals surface area contributed by atoms with Crippen LogP contribution in [-0.2, 0) is 6.42 Å². The third-order valence-corrected chi connectivity index (χ3v) is 4.08. The number of nitrogens with zero attached hydrogens (tertiary/aromatic N) is 1. The Kier molecular flexibility index (Phi) is 5.25. The first-order chi connectivity index (χ1) is 9.15. The molecule has 1 aliphatic rings. The van der Waals surface area contributed by atoms with Gasteiger partial charge in [-0.2, -0.15) is 0 Å². The van der Waals surface area contributed by atoms with Crippen molar-refractivity contribution in [2.45, 2.75) is 26.2 Å². The third-order valence-electron chi connectivity index (χ3n) is 3.55. The van der Waals surface area contributed by atoms with Gasteiger partial charge >= 0.3 is 6.03 Å². The van der Waals surface area contributed by atoms with Crippen molar-refractivity contribution in [3.8, 4) is 0 Å². The van der Waals surface area contributed by atoms with Crippen molar-refractivity contribution in [3.63, 3.8) is 0 Å². The third kappa shape index (κ3) is 4.53. The Morgan fingerprint density at radius 2 is 2.16 bits per heavy atom. The molecule has 0 spiro atoms. The second-order valence-corrected chi connectivity index (χ2v) is 6.22. The zero-order valence-corrected chi connectivity index (χ0v) is 12.9. The zero-order chi connectivity index (χ0) is 13.7. The number of hydrogen-bond donors (Lipinski definition) is 1. The van der Waals surface area contributed by atoms with Gasteiger partial charge in [-0.1, -0.05) is 35.0 Å². The van der Waals surface area contributed by atoms with Crippen LogP contribution in [0.3, 0.4) is 0 Å². The summed E-state index contributed by atoms with van der Waals surface area (Å²) in [6.07, 6.45) is 3.24. The molecule has 1 heterocycles. The standard InChI is InChI=1S/C15H21BrN2O/c1-12-3-2-10-18(11-12)15(19)17-9-8-13-4-6-14(16)7-5-13/h4-7,12H,2-3,8-11H2,1H3,(H,17,19). The van der Waals surface area contributed by atoms with E-state index >= 15 is 0 Å². The number of urea groups is 1. The second-order valence-electron chi connectivity index (χ2n) is 5.30. The maximum Gasteiger partial charge on any atom is 0.317 e. The van der Waals surface area contributed by atoms with Crippen LogP contribution in [0.25, 0.3) is 0 Å². The highest BCUT2D eigenvalue weighted by atomic mass is 79.9. The monoisotopic (exact) mass is 324 g/mol. The van der Waals surface area contributed by atoms with Gasteiger partial charge in [0.25, 0.3) is 0 Å². The van der Waals surface area contributed by atoms with Gasteiger partial charge in [-0.3, -0.25) is 0 Å². The Morgan fingerprint density at radius 3 is 2.84 bits per heavy atom. The molecule has 4 heteroatoms. The maximum atomic E-state index is 12.0. The highest BCUT2D eigenvalue weighted by Gasteiger charge is 2.20. The Morgan fingerprint density at radius 1 is 1.42 bits per heavy atom. The molecule has 1 N–H and O–H groups in total. The van der Waals surface area contributed by atoms with Crippen LogP contribution in [0.4, 0.5) is 4.79 Å². The summed E-state index contributed by atoms with van der Waals surface area (Å²) in [4.78, 5) is 13.9. The lowest BCUT2D eigenvalue weighted by atomic mass is 10.0. The number of likely N-dealkylation sites (tertiary alicyclic amines) is 1.